The molecule has 22 heavy (non-hydrogen) atoms. The second-order valence-electron chi connectivity index (χ2n) is 4.86. The molecule has 0 aliphatic carbocycles. The van der Waals surface area contributed by atoms with Crippen LogP contribution >= 0.6 is 0 Å². The first-order chi connectivity index (χ1) is 10.7. The van der Waals surface area contributed by atoms with Gasteiger partial charge in [-0.15, -0.1) is 0 Å². The van der Waals surface area contributed by atoms with Crippen molar-refractivity contribution in [2.45, 2.75) is 13.5 Å². The Morgan fingerprint density at radius 2 is 1.77 bits per heavy atom. The van der Waals surface area contributed by atoms with Crippen LogP contribution in [-0.2, 0) is 11.3 Å². The lowest BCUT2D eigenvalue weighted by Gasteiger charge is -2.21. The summed E-state index contributed by atoms with van der Waals surface area (Å²) in [4.78, 5) is 14.0. The molecule has 4 heteroatoms. The van der Waals surface area contributed by atoms with Crippen LogP contribution in [0, 0.1) is 0 Å². The van der Waals surface area contributed by atoms with E-state index in [0.29, 0.717) is 24.6 Å². The lowest BCUT2D eigenvalue weighted by molar-refractivity contribution is -0.133. The Kier molecular flexibility index (Phi) is 5.83. The standard InChI is InChI=1S/C18H21NO3/c1-3-19(13-15-8-5-4-6-9-15)18(20)14-22-17-11-7-10-16(12-17)21-2/h4-12H,3,13-14H2,1-2H3. The summed E-state index contributed by atoms with van der Waals surface area (Å²) in [5.74, 6) is 1.30. The molecule has 0 heterocycles. The van der Waals surface area contributed by atoms with Gasteiger partial charge in [0.15, 0.2) is 6.61 Å². The molecule has 2 aromatic carbocycles. The smallest absolute Gasteiger partial charge is 0.260 e. The second kappa shape index (κ2) is 8.08. The first-order valence-corrected chi connectivity index (χ1v) is 7.31. The minimum atomic E-state index is -0.0332. The first-order valence-electron chi connectivity index (χ1n) is 7.31. The Labute approximate surface area is 131 Å². The molecule has 0 spiro atoms. The van der Waals surface area contributed by atoms with Crippen LogP contribution in [0.1, 0.15) is 12.5 Å². The molecule has 0 saturated carbocycles. The topological polar surface area (TPSA) is 38.8 Å². The van der Waals surface area contributed by atoms with Gasteiger partial charge in [0.2, 0.25) is 0 Å². The molecule has 1 amide bonds. The first kappa shape index (κ1) is 15.9. The van der Waals surface area contributed by atoms with E-state index in [1.165, 1.54) is 0 Å². The van der Waals surface area contributed by atoms with E-state index in [4.69, 9.17) is 9.47 Å². The van der Waals surface area contributed by atoms with Crippen LogP contribution in [0.25, 0.3) is 0 Å². The molecule has 0 aliphatic heterocycles. The number of nitrogens with zero attached hydrogens (tertiary/aromatic N) is 1. The van der Waals surface area contributed by atoms with E-state index in [9.17, 15) is 4.79 Å². The monoisotopic (exact) mass is 299 g/mol. The molecule has 0 saturated heterocycles. The number of carbonyl (C=O) groups excluding carboxylic acids is 1. The van der Waals surface area contributed by atoms with E-state index in [-0.39, 0.29) is 12.5 Å². The van der Waals surface area contributed by atoms with Crippen molar-refractivity contribution in [3.8, 4) is 11.5 Å². The Hall–Kier alpha value is -2.49. The highest BCUT2D eigenvalue weighted by molar-refractivity contribution is 5.77. The van der Waals surface area contributed by atoms with Crippen LogP contribution in [-0.4, -0.2) is 31.1 Å². The summed E-state index contributed by atoms with van der Waals surface area (Å²) in [5.41, 5.74) is 1.11. The van der Waals surface area contributed by atoms with E-state index < -0.39 is 0 Å². The Morgan fingerprint density at radius 1 is 1.05 bits per heavy atom. The van der Waals surface area contributed by atoms with E-state index in [0.717, 1.165) is 5.56 Å². The molecule has 4 nitrogen and oxygen atoms in total. The lowest BCUT2D eigenvalue weighted by atomic mass is 10.2. The maximum Gasteiger partial charge on any atom is 0.260 e. The van der Waals surface area contributed by atoms with Crippen molar-refractivity contribution in [2.24, 2.45) is 0 Å². The number of hydrogen-bond donors (Lipinski definition) is 0. The summed E-state index contributed by atoms with van der Waals surface area (Å²) in [5, 5.41) is 0. The van der Waals surface area contributed by atoms with Gasteiger partial charge in [-0.05, 0) is 24.6 Å². The van der Waals surface area contributed by atoms with Gasteiger partial charge >= 0.3 is 0 Å². The fourth-order valence-corrected chi connectivity index (χ4v) is 2.11. The molecule has 0 unspecified atom stereocenters. The fourth-order valence-electron chi connectivity index (χ4n) is 2.11. The van der Waals surface area contributed by atoms with Crippen LogP contribution in [0.4, 0.5) is 0 Å². The van der Waals surface area contributed by atoms with Gasteiger partial charge < -0.3 is 14.4 Å². The third kappa shape index (κ3) is 4.52. The summed E-state index contributed by atoms with van der Waals surface area (Å²) in [7, 11) is 1.60. The van der Waals surface area contributed by atoms with Crippen molar-refractivity contribution < 1.29 is 14.3 Å². The van der Waals surface area contributed by atoms with E-state index >= 15 is 0 Å². The summed E-state index contributed by atoms with van der Waals surface area (Å²) in [6.07, 6.45) is 0. The number of benzene rings is 2. The summed E-state index contributed by atoms with van der Waals surface area (Å²) < 4.78 is 10.7. The normalized spacial score (nSPS) is 10.1. The highest BCUT2D eigenvalue weighted by Gasteiger charge is 2.13. The van der Waals surface area contributed by atoms with Crippen LogP contribution < -0.4 is 9.47 Å². The zero-order valence-corrected chi connectivity index (χ0v) is 13.0. The molecule has 0 atom stereocenters. The molecule has 0 bridgehead atoms. The van der Waals surface area contributed by atoms with Crippen LogP contribution in [0.2, 0.25) is 0 Å². The van der Waals surface area contributed by atoms with Crippen LogP contribution in [0.5, 0.6) is 11.5 Å². The summed E-state index contributed by atoms with van der Waals surface area (Å²) in [6.45, 7) is 3.23. The highest BCUT2D eigenvalue weighted by atomic mass is 16.5. The Morgan fingerprint density at radius 3 is 2.45 bits per heavy atom. The maximum atomic E-state index is 12.3. The SMILES string of the molecule is CCN(Cc1ccccc1)C(=O)COc1cccc(OC)c1. The number of ether oxygens (including phenoxy) is 2. The van der Waals surface area contributed by atoms with Crippen LogP contribution in [0.15, 0.2) is 54.6 Å². The third-order valence-electron chi connectivity index (χ3n) is 3.35. The quantitative estimate of drug-likeness (QED) is 0.788. The molecule has 0 radical (unpaired) electrons. The van der Waals surface area contributed by atoms with Crippen molar-refractivity contribution >= 4 is 5.91 Å². The van der Waals surface area contributed by atoms with Gasteiger partial charge in [-0.2, -0.15) is 0 Å². The molecular formula is C18H21NO3. The Balaban J connectivity index is 1.91. The molecule has 2 aromatic rings. The van der Waals surface area contributed by atoms with Gasteiger partial charge in [0.1, 0.15) is 11.5 Å². The molecular weight excluding hydrogens is 278 g/mol. The van der Waals surface area contributed by atoms with Gasteiger partial charge in [0.25, 0.3) is 5.91 Å². The average molecular weight is 299 g/mol. The fraction of sp³-hybridized carbons (Fsp3) is 0.278. The Bertz CT molecular complexity index is 598. The second-order valence-corrected chi connectivity index (χ2v) is 4.86. The van der Waals surface area contributed by atoms with Gasteiger partial charge in [0.05, 0.1) is 7.11 Å². The van der Waals surface area contributed by atoms with Gasteiger partial charge in [-0.3, -0.25) is 4.79 Å². The number of carbonyl (C=O) groups is 1. The van der Waals surface area contributed by atoms with Crippen molar-refractivity contribution in [2.75, 3.05) is 20.3 Å². The number of methoxy groups -OCH3 is 1. The van der Waals surface area contributed by atoms with E-state index in [1.807, 2.05) is 55.5 Å². The predicted octanol–water partition coefficient (Wildman–Crippen LogP) is 3.12. The van der Waals surface area contributed by atoms with Crippen molar-refractivity contribution in [1.29, 1.82) is 0 Å². The molecule has 0 aliphatic rings. The lowest BCUT2D eigenvalue weighted by Crippen LogP contribution is -2.34. The van der Waals surface area contributed by atoms with Gasteiger partial charge in [0, 0.05) is 19.2 Å². The number of rotatable bonds is 7. The van der Waals surface area contributed by atoms with E-state index in [2.05, 4.69) is 0 Å². The molecule has 0 fully saturated rings. The number of likely N-dealkylation sites (N-methyl/N-ethyl adjacent to an activating group) is 1. The molecule has 2 rings (SSSR count). The third-order valence-corrected chi connectivity index (χ3v) is 3.35. The molecule has 0 N–H and O–H groups in total. The number of amides is 1. The van der Waals surface area contributed by atoms with E-state index in [1.54, 1.807) is 18.1 Å². The average Bonchev–Trinajstić information content (AvgIpc) is 2.58. The zero-order chi connectivity index (χ0) is 15.8. The van der Waals surface area contributed by atoms with Crippen molar-refractivity contribution in [3.63, 3.8) is 0 Å². The molecule has 0 aromatic heterocycles. The maximum absolute atomic E-state index is 12.3. The minimum absolute atomic E-state index is 0.0217. The minimum Gasteiger partial charge on any atom is -0.497 e. The highest BCUT2D eigenvalue weighted by Crippen LogP contribution is 2.18. The summed E-state index contributed by atoms with van der Waals surface area (Å²) >= 11 is 0. The van der Waals surface area contributed by atoms with Gasteiger partial charge in [-0.1, -0.05) is 36.4 Å². The summed E-state index contributed by atoms with van der Waals surface area (Å²) in [6, 6.07) is 17.2. The van der Waals surface area contributed by atoms with Crippen LogP contribution in [0.3, 0.4) is 0 Å². The van der Waals surface area contributed by atoms with Crippen molar-refractivity contribution in [1.82, 2.24) is 4.90 Å². The largest absolute Gasteiger partial charge is 0.497 e. The van der Waals surface area contributed by atoms with Gasteiger partial charge in [-0.25, -0.2) is 0 Å². The zero-order valence-electron chi connectivity index (χ0n) is 13.0. The van der Waals surface area contributed by atoms with Crippen molar-refractivity contribution in [3.05, 3.63) is 60.2 Å². The predicted molar refractivity (Wildman–Crippen MR) is 86.0 cm³/mol. The number of hydrogen-bond acceptors (Lipinski definition) is 3. The molecule has 116 valence electrons.